The zero-order chi connectivity index (χ0) is 20.4. The van der Waals surface area contributed by atoms with E-state index in [0.29, 0.717) is 16.9 Å². The molecule has 1 atom stereocenters. The Balaban J connectivity index is 1.83. The van der Waals surface area contributed by atoms with E-state index in [4.69, 9.17) is 10.5 Å². The summed E-state index contributed by atoms with van der Waals surface area (Å²) >= 11 is 2.21. The van der Waals surface area contributed by atoms with E-state index in [-0.39, 0.29) is 17.6 Å². The van der Waals surface area contributed by atoms with Crippen molar-refractivity contribution in [2.45, 2.75) is 5.92 Å². The molecule has 1 aliphatic heterocycles. The number of nitrogens with two attached hydrogens (primary N) is 1. The zero-order valence-corrected chi connectivity index (χ0v) is 17.4. The number of halogens is 1. The fourth-order valence-corrected chi connectivity index (χ4v) is 3.83. The molecule has 142 valence electrons. The molecule has 6 heteroatoms. The highest BCUT2D eigenvalue weighted by Gasteiger charge is 2.31. The van der Waals surface area contributed by atoms with Crippen molar-refractivity contribution in [1.29, 1.82) is 5.26 Å². The number of aliphatic imine (C=N–C) groups is 1. The van der Waals surface area contributed by atoms with Crippen molar-refractivity contribution in [3.8, 4) is 17.6 Å². The van der Waals surface area contributed by atoms with Crippen molar-refractivity contribution in [2.24, 2.45) is 10.7 Å². The topological polar surface area (TPSA) is 91.6 Å². The third-order valence-electron chi connectivity index (χ3n) is 4.69. The summed E-state index contributed by atoms with van der Waals surface area (Å²) in [6.45, 7) is 0. The smallest absolute Gasteiger partial charge is 0.205 e. The van der Waals surface area contributed by atoms with Gasteiger partial charge in [0.05, 0.1) is 11.6 Å². The van der Waals surface area contributed by atoms with Crippen molar-refractivity contribution >= 4 is 34.5 Å². The third-order valence-corrected chi connectivity index (χ3v) is 5.60. The minimum absolute atomic E-state index is 0.0264. The maximum atomic E-state index is 10.5. The summed E-state index contributed by atoms with van der Waals surface area (Å²) in [4.78, 5) is 4.50. The monoisotopic (exact) mass is 493 g/mol. The molecule has 0 saturated carbocycles. The lowest BCUT2D eigenvalue weighted by molar-refractivity contribution is 0.388. The van der Waals surface area contributed by atoms with Gasteiger partial charge in [0.2, 0.25) is 5.88 Å². The van der Waals surface area contributed by atoms with Gasteiger partial charge in [0.15, 0.2) is 0 Å². The zero-order valence-electron chi connectivity index (χ0n) is 15.2. The molecule has 1 aliphatic rings. The molecule has 0 aliphatic carbocycles. The molecule has 3 aromatic carbocycles. The largest absolute Gasteiger partial charge is 0.507 e. The highest BCUT2D eigenvalue weighted by atomic mass is 127. The number of nitriles is 1. The summed E-state index contributed by atoms with van der Waals surface area (Å²) in [5, 5.41) is 20.2. The quantitative estimate of drug-likeness (QED) is 0.399. The molecule has 0 amide bonds. The Morgan fingerprint density at radius 2 is 1.83 bits per heavy atom. The maximum absolute atomic E-state index is 10.5. The number of hydrogen-bond acceptors (Lipinski definition) is 5. The lowest BCUT2D eigenvalue weighted by atomic mass is 9.83. The average molecular weight is 493 g/mol. The van der Waals surface area contributed by atoms with Crippen LogP contribution in [0.15, 0.2) is 83.2 Å². The molecule has 0 fully saturated rings. The van der Waals surface area contributed by atoms with E-state index in [1.807, 2.05) is 54.6 Å². The number of para-hydroxylation sites is 1. The van der Waals surface area contributed by atoms with Crippen molar-refractivity contribution in [3.05, 3.63) is 98.4 Å². The minimum atomic E-state index is -0.380. The van der Waals surface area contributed by atoms with Crippen molar-refractivity contribution in [2.75, 3.05) is 0 Å². The summed E-state index contributed by atoms with van der Waals surface area (Å²) in [5.41, 5.74) is 9.35. The first-order chi connectivity index (χ1) is 14.1. The number of fused-ring (bicyclic) bond motifs is 1. The van der Waals surface area contributed by atoms with Gasteiger partial charge < -0.3 is 15.6 Å². The number of nitrogens with zero attached hydrogens (tertiary/aromatic N) is 2. The van der Waals surface area contributed by atoms with E-state index in [9.17, 15) is 10.4 Å². The van der Waals surface area contributed by atoms with Gasteiger partial charge in [0, 0.05) is 27.0 Å². The van der Waals surface area contributed by atoms with Crippen LogP contribution in [0.3, 0.4) is 0 Å². The number of aromatic hydroxyl groups is 1. The molecule has 0 aromatic heterocycles. The summed E-state index contributed by atoms with van der Waals surface area (Å²) in [6, 6.07) is 22.8. The minimum Gasteiger partial charge on any atom is -0.507 e. The van der Waals surface area contributed by atoms with Crippen LogP contribution < -0.4 is 10.5 Å². The number of benzene rings is 3. The van der Waals surface area contributed by atoms with Gasteiger partial charge in [-0.05, 0) is 46.4 Å². The maximum Gasteiger partial charge on any atom is 0.205 e. The van der Waals surface area contributed by atoms with E-state index in [1.54, 1.807) is 12.3 Å². The van der Waals surface area contributed by atoms with Crippen molar-refractivity contribution in [3.63, 3.8) is 0 Å². The first kappa shape index (κ1) is 19.0. The molecule has 0 bridgehead atoms. The van der Waals surface area contributed by atoms with Gasteiger partial charge in [0.1, 0.15) is 23.1 Å². The number of ether oxygens (including phenoxy) is 1. The van der Waals surface area contributed by atoms with Crippen LogP contribution in [0, 0.1) is 14.9 Å². The second kappa shape index (κ2) is 7.97. The van der Waals surface area contributed by atoms with Gasteiger partial charge in [0.25, 0.3) is 0 Å². The molecule has 4 rings (SSSR count). The number of phenols is 1. The van der Waals surface area contributed by atoms with Crippen molar-refractivity contribution < 1.29 is 9.84 Å². The van der Waals surface area contributed by atoms with Gasteiger partial charge in [-0.25, -0.2) is 0 Å². The Morgan fingerprint density at radius 3 is 2.55 bits per heavy atom. The lowest BCUT2D eigenvalue weighted by Gasteiger charge is -2.27. The molecule has 0 unspecified atom stereocenters. The Kier molecular flexibility index (Phi) is 5.23. The van der Waals surface area contributed by atoms with Crippen LogP contribution in [0.4, 0.5) is 5.69 Å². The molecular weight excluding hydrogens is 477 g/mol. The average Bonchev–Trinajstić information content (AvgIpc) is 2.73. The molecule has 0 spiro atoms. The fourth-order valence-electron chi connectivity index (χ4n) is 3.30. The van der Waals surface area contributed by atoms with Crippen molar-refractivity contribution in [1.82, 2.24) is 0 Å². The highest BCUT2D eigenvalue weighted by molar-refractivity contribution is 14.1. The van der Waals surface area contributed by atoms with Crippen LogP contribution in [-0.2, 0) is 0 Å². The van der Waals surface area contributed by atoms with E-state index < -0.39 is 0 Å². The number of phenolic OH excluding ortho intramolecular Hbond substituents is 1. The molecular formula is C23H16IN3O2. The summed E-state index contributed by atoms with van der Waals surface area (Å²) in [5.74, 6) is 0.126. The molecule has 0 saturated heterocycles. The first-order valence-corrected chi connectivity index (χ1v) is 9.94. The van der Waals surface area contributed by atoms with Crippen LogP contribution in [0.1, 0.15) is 22.6 Å². The fraction of sp³-hybridized carbons (Fsp3) is 0.0435. The molecule has 5 nitrogen and oxygen atoms in total. The van der Waals surface area contributed by atoms with E-state index >= 15 is 0 Å². The number of allylic oxidation sites excluding steroid dienone is 1. The summed E-state index contributed by atoms with van der Waals surface area (Å²) in [6.07, 6.45) is 1.61. The van der Waals surface area contributed by atoms with E-state index in [2.05, 4.69) is 33.7 Å². The number of hydrogen-bond donors (Lipinski definition) is 2. The second-order valence-corrected chi connectivity index (χ2v) is 7.66. The van der Waals surface area contributed by atoms with Gasteiger partial charge in [-0.15, -0.1) is 0 Å². The van der Waals surface area contributed by atoms with Crippen LogP contribution >= 0.6 is 22.6 Å². The normalized spacial score (nSPS) is 15.7. The Bertz CT molecular complexity index is 1180. The molecule has 1 heterocycles. The van der Waals surface area contributed by atoms with Gasteiger partial charge >= 0.3 is 0 Å². The predicted molar refractivity (Wildman–Crippen MR) is 120 cm³/mol. The standard InChI is InChI=1S/C23H16IN3O2/c24-18-8-4-5-9-19(18)27-13-15-10-16-21(11-20(15)28)29-23(26)17(12-25)22(16)14-6-2-1-3-7-14/h1-11,13,22,28H,26H2/t22-/m1/s1. The first-order valence-electron chi connectivity index (χ1n) is 8.86. The predicted octanol–water partition coefficient (Wildman–Crippen LogP) is 4.97. The van der Waals surface area contributed by atoms with Crippen LogP contribution in [0.25, 0.3) is 0 Å². The molecule has 3 N–H and O–H groups in total. The Labute approximate surface area is 181 Å². The van der Waals surface area contributed by atoms with Crippen LogP contribution in [0.2, 0.25) is 0 Å². The summed E-state index contributed by atoms with van der Waals surface area (Å²) in [7, 11) is 0. The Morgan fingerprint density at radius 1 is 1.10 bits per heavy atom. The van der Waals surface area contributed by atoms with Gasteiger partial charge in [-0.2, -0.15) is 5.26 Å². The summed E-state index contributed by atoms with van der Waals surface area (Å²) < 4.78 is 6.64. The third kappa shape index (κ3) is 3.69. The van der Waals surface area contributed by atoms with Gasteiger partial charge in [-0.3, -0.25) is 4.99 Å². The lowest BCUT2D eigenvalue weighted by Crippen LogP contribution is -2.21. The molecule has 29 heavy (non-hydrogen) atoms. The van der Waals surface area contributed by atoms with Crippen LogP contribution in [-0.4, -0.2) is 11.3 Å². The highest BCUT2D eigenvalue weighted by Crippen LogP contribution is 2.44. The molecule has 0 radical (unpaired) electrons. The van der Waals surface area contributed by atoms with E-state index in [0.717, 1.165) is 20.4 Å². The SMILES string of the molecule is N#CC1=C(N)Oc2cc(O)c(C=Nc3ccccc3I)cc2[C@H]1c1ccccc1. The second-order valence-electron chi connectivity index (χ2n) is 6.49. The number of rotatable bonds is 3. The van der Waals surface area contributed by atoms with Crippen LogP contribution in [0.5, 0.6) is 11.5 Å². The molecule has 3 aromatic rings. The van der Waals surface area contributed by atoms with E-state index in [1.165, 1.54) is 6.07 Å². The Hall–Kier alpha value is -3.31. The van der Waals surface area contributed by atoms with Gasteiger partial charge in [-0.1, -0.05) is 42.5 Å².